The number of nitrogens with zero attached hydrogens (tertiary/aromatic N) is 1. The van der Waals surface area contributed by atoms with E-state index in [0.717, 1.165) is 41.1 Å². The first-order valence-corrected chi connectivity index (χ1v) is 14.8. The van der Waals surface area contributed by atoms with Crippen molar-refractivity contribution in [2.45, 2.75) is 89.4 Å². The van der Waals surface area contributed by atoms with E-state index in [1.807, 2.05) is 6.92 Å². The summed E-state index contributed by atoms with van der Waals surface area (Å²) in [6, 6.07) is 10.8. The lowest BCUT2D eigenvalue weighted by Gasteiger charge is -2.28. The molecule has 1 aliphatic carbocycles. The summed E-state index contributed by atoms with van der Waals surface area (Å²) in [4.78, 5) is 17.4. The molecule has 1 aromatic heterocycles. The van der Waals surface area contributed by atoms with Crippen molar-refractivity contribution in [3.63, 3.8) is 0 Å². The number of carbonyl (C=O) groups is 1. The highest BCUT2D eigenvalue weighted by Gasteiger charge is 2.25. The molecular formula is C27H36N4O3S2. The summed E-state index contributed by atoms with van der Waals surface area (Å²) >= 11 is 1.53. The minimum Gasteiger partial charge on any atom is -0.349 e. The zero-order valence-corrected chi connectivity index (χ0v) is 23.3. The minimum atomic E-state index is -3.76. The van der Waals surface area contributed by atoms with E-state index < -0.39 is 16.1 Å². The summed E-state index contributed by atoms with van der Waals surface area (Å²) in [5, 5.41) is 7.55. The Balaban J connectivity index is 1.36. The van der Waals surface area contributed by atoms with Crippen LogP contribution in [0.3, 0.4) is 0 Å². The van der Waals surface area contributed by atoms with Crippen LogP contribution in [0.4, 0.5) is 0 Å². The maximum absolute atomic E-state index is 12.9. The lowest BCUT2D eigenvalue weighted by Crippen LogP contribution is -2.39. The third-order valence-corrected chi connectivity index (χ3v) is 8.84. The van der Waals surface area contributed by atoms with E-state index in [1.165, 1.54) is 22.5 Å². The standard InChI is InChI=1S/C27H36N4O3S2/c1-17(31-36(33,34)21-10-12-25-24(15-21)29-18(2)35-25)13-26(32)30-23-8-6-7-20-14-19(9-11-22(20)23)16-28-27(3,4)5/h9-12,14-15,17,23,28,31H,6-8,13,16H2,1-5H3,(H,30,32)/t17-,23+/m0/s1. The van der Waals surface area contributed by atoms with E-state index in [9.17, 15) is 13.2 Å². The lowest BCUT2D eigenvalue weighted by atomic mass is 9.86. The Bertz CT molecular complexity index is 1360. The van der Waals surface area contributed by atoms with Crippen molar-refractivity contribution in [2.75, 3.05) is 0 Å². The number of sulfonamides is 1. The van der Waals surface area contributed by atoms with Gasteiger partial charge in [0.2, 0.25) is 15.9 Å². The van der Waals surface area contributed by atoms with Crippen LogP contribution in [0.25, 0.3) is 10.2 Å². The van der Waals surface area contributed by atoms with Crippen LogP contribution in [0.1, 0.15) is 74.7 Å². The number of amides is 1. The van der Waals surface area contributed by atoms with Crippen LogP contribution < -0.4 is 15.4 Å². The number of aryl methyl sites for hydroxylation is 2. The molecule has 3 aromatic rings. The van der Waals surface area contributed by atoms with Crippen molar-refractivity contribution in [1.29, 1.82) is 0 Å². The van der Waals surface area contributed by atoms with Crippen LogP contribution in [-0.4, -0.2) is 30.9 Å². The number of rotatable bonds is 8. The van der Waals surface area contributed by atoms with Crippen LogP contribution in [0.2, 0.25) is 0 Å². The average molecular weight is 529 g/mol. The number of hydrogen-bond donors (Lipinski definition) is 3. The Labute approximate surface area is 218 Å². The molecule has 9 heteroatoms. The molecule has 0 spiro atoms. The highest BCUT2D eigenvalue weighted by molar-refractivity contribution is 7.89. The van der Waals surface area contributed by atoms with Crippen molar-refractivity contribution < 1.29 is 13.2 Å². The SMILES string of the molecule is Cc1nc2cc(S(=O)(=O)N[C@@H](C)CC(=O)N[C@@H]3CCCc4cc(CNC(C)(C)C)ccc43)ccc2s1. The molecule has 194 valence electrons. The van der Waals surface area contributed by atoms with Gasteiger partial charge in [-0.2, -0.15) is 0 Å². The van der Waals surface area contributed by atoms with E-state index in [-0.39, 0.29) is 28.8 Å². The second-order valence-corrected chi connectivity index (χ2v) is 13.7. The average Bonchev–Trinajstić information content (AvgIpc) is 3.16. The minimum absolute atomic E-state index is 0.0509. The van der Waals surface area contributed by atoms with Gasteiger partial charge in [0.05, 0.1) is 26.2 Å². The summed E-state index contributed by atoms with van der Waals surface area (Å²) < 4.78 is 29.4. The smallest absolute Gasteiger partial charge is 0.240 e. The van der Waals surface area contributed by atoms with E-state index in [1.54, 1.807) is 25.1 Å². The number of hydrogen-bond acceptors (Lipinski definition) is 6. The van der Waals surface area contributed by atoms with E-state index in [0.29, 0.717) is 5.52 Å². The third-order valence-electron chi connectivity index (χ3n) is 6.30. The van der Waals surface area contributed by atoms with Gasteiger partial charge in [0.15, 0.2) is 0 Å². The topological polar surface area (TPSA) is 100 Å². The van der Waals surface area contributed by atoms with Crippen molar-refractivity contribution in [3.8, 4) is 0 Å². The molecule has 0 saturated carbocycles. The summed E-state index contributed by atoms with van der Waals surface area (Å²) in [7, 11) is -3.76. The van der Waals surface area contributed by atoms with Crippen LogP contribution in [-0.2, 0) is 27.8 Å². The summed E-state index contributed by atoms with van der Waals surface area (Å²) in [5.74, 6) is -0.160. The molecule has 2 atom stereocenters. The highest BCUT2D eigenvalue weighted by Crippen LogP contribution is 2.31. The molecule has 0 bridgehead atoms. The van der Waals surface area contributed by atoms with Gasteiger partial charge >= 0.3 is 0 Å². The van der Waals surface area contributed by atoms with Crippen molar-refractivity contribution in [3.05, 3.63) is 58.1 Å². The second-order valence-electron chi connectivity index (χ2n) is 10.7. The molecule has 1 aliphatic rings. The van der Waals surface area contributed by atoms with Gasteiger partial charge in [0.25, 0.3) is 0 Å². The first-order valence-electron chi connectivity index (χ1n) is 12.5. The fourth-order valence-electron chi connectivity index (χ4n) is 4.59. The monoisotopic (exact) mass is 528 g/mol. The van der Waals surface area contributed by atoms with Crippen LogP contribution in [0.5, 0.6) is 0 Å². The first-order chi connectivity index (χ1) is 16.9. The molecular weight excluding hydrogens is 492 g/mol. The summed E-state index contributed by atoms with van der Waals surface area (Å²) in [6.07, 6.45) is 2.96. The molecule has 2 aromatic carbocycles. The van der Waals surface area contributed by atoms with Crippen LogP contribution in [0, 0.1) is 6.92 Å². The molecule has 0 aliphatic heterocycles. The van der Waals surface area contributed by atoms with E-state index >= 15 is 0 Å². The molecule has 1 heterocycles. The fourth-order valence-corrected chi connectivity index (χ4v) is 6.66. The van der Waals surface area contributed by atoms with Gasteiger partial charge in [-0.05, 0) is 88.8 Å². The third kappa shape index (κ3) is 6.70. The largest absolute Gasteiger partial charge is 0.349 e. The highest BCUT2D eigenvalue weighted by atomic mass is 32.2. The Morgan fingerprint density at radius 1 is 1.19 bits per heavy atom. The molecule has 4 rings (SSSR count). The number of aromatic nitrogens is 1. The first kappa shape index (κ1) is 26.7. The molecule has 1 amide bonds. The number of benzene rings is 2. The van der Waals surface area contributed by atoms with Gasteiger partial charge in [-0.1, -0.05) is 18.2 Å². The number of nitrogens with one attached hydrogen (secondary N) is 3. The number of thiazole rings is 1. The molecule has 0 fully saturated rings. The fraction of sp³-hybridized carbons (Fsp3) is 0.481. The zero-order chi connectivity index (χ0) is 26.1. The lowest BCUT2D eigenvalue weighted by molar-refractivity contribution is -0.122. The quantitative estimate of drug-likeness (QED) is 0.392. The zero-order valence-electron chi connectivity index (χ0n) is 21.6. The summed E-state index contributed by atoms with van der Waals surface area (Å²) in [5.41, 5.74) is 4.40. The molecule has 36 heavy (non-hydrogen) atoms. The molecule has 3 N–H and O–H groups in total. The maximum atomic E-state index is 12.9. The van der Waals surface area contributed by atoms with Gasteiger partial charge < -0.3 is 10.6 Å². The van der Waals surface area contributed by atoms with E-state index in [2.05, 4.69) is 59.3 Å². The maximum Gasteiger partial charge on any atom is 0.240 e. The molecule has 0 saturated heterocycles. The van der Waals surface area contributed by atoms with Crippen molar-refractivity contribution >= 4 is 37.5 Å². The Morgan fingerprint density at radius 3 is 2.72 bits per heavy atom. The van der Waals surface area contributed by atoms with Gasteiger partial charge in [0, 0.05) is 24.5 Å². The normalized spacial score (nSPS) is 17.1. The van der Waals surface area contributed by atoms with Gasteiger partial charge in [0.1, 0.15) is 0 Å². The van der Waals surface area contributed by atoms with Crippen LogP contribution >= 0.6 is 11.3 Å². The van der Waals surface area contributed by atoms with Gasteiger partial charge in [-0.25, -0.2) is 18.1 Å². The van der Waals surface area contributed by atoms with Crippen molar-refractivity contribution in [1.82, 2.24) is 20.3 Å². The number of carbonyl (C=O) groups excluding carboxylic acids is 1. The predicted octanol–water partition coefficient (Wildman–Crippen LogP) is 4.74. The molecule has 7 nitrogen and oxygen atoms in total. The molecule has 0 radical (unpaired) electrons. The Hall–Kier alpha value is -2.33. The van der Waals surface area contributed by atoms with Crippen LogP contribution in [0.15, 0.2) is 41.3 Å². The van der Waals surface area contributed by atoms with Crippen molar-refractivity contribution in [2.24, 2.45) is 0 Å². The van der Waals surface area contributed by atoms with Gasteiger partial charge in [-0.3, -0.25) is 4.79 Å². The number of fused-ring (bicyclic) bond motifs is 2. The Kier molecular flexibility index (Phi) is 7.85. The molecule has 0 unspecified atom stereocenters. The predicted molar refractivity (Wildman–Crippen MR) is 146 cm³/mol. The Morgan fingerprint density at radius 2 is 1.97 bits per heavy atom. The second kappa shape index (κ2) is 10.6. The van der Waals surface area contributed by atoms with Gasteiger partial charge in [-0.15, -0.1) is 11.3 Å². The summed E-state index contributed by atoms with van der Waals surface area (Å²) in [6.45, 7) is 10.9. The van der Waals surface area contributed by atoms with E-state index in [4.69, 9.17) is 0 Å².